The summed E-state index contributed by atoms with van der Waals surface area (Å²) in [7, 11) is 0. The number of rotatable bonds is 2. The van der Waals surface area contributed by atoms with Crippen LogP contribution < -0.4 is 0 Å². The van der Waals surface area contributed by atoms with Crippen molar-refractivity contribution in [3.05, 3.63) is 55.4 Å². The average molecular weight is 340 g/mol. The molecule has 0 spiro atoms. The van der Waals surface area contributed by atoms with Crippen LogP contribution in [0.4, 0.5) is 4.39 Å². The molecule has 0 N–H and O–H groups in total. The van der Waals surface area contributed by atoms with E-state index in [-0.39, 0.29) is 11.2 Å². The van der Waals surface area contributed by atoms with Gasteiger partial charge in [-0.15, -0.1) is 22.9 Å². The van der Waals surface area contributed by atoms with Crippen molar-refractivity contribution in [1.29, 1.82) is 0 Å². The van der Waals surface area contributed by atoms with E-state index < -0.39 is 0 Å². The van der Waals surface area contributed by atoms with E-state index in [0.717, 1.165) is 10.4 Å². The van der Waals surface area contributed by atoms with Crippen LogP contribution in [0.25, 0.3) is 0 Å². The monoisotopic (exact) mass is 338 g/mol. The van der Waals surface area contributed by atoms with Crippen LogP contribution >= 0.6 is 50.5 Å². The molecule has 1 unspecified atom stereocenters. The van der Waals surface area contributed by atoms with Gasteiger partial charge in [0.2, 0.25) is 0 Å². The molecule has 1 atom stereocenters. The first-order valence-electron chi connectivity index (χ1n) is 4.41. The predicted molar refractivity (Wildman–Crippen MR) is 71.1 cm³/mol. The second-order valence-corrected chi connectivity index (χ2v) is 5.81. The fourth-order valence-corrected chi connectivity index (χ4v) is 3.72. The van der Waals surface area contributed by atoms with Crippen LogP contribution in [0.1, 0.15) is 15.8 Å². The van der Waals surface area contributed by atoms with E-state index in [4.69, 9.17) is 23.2 Å². The number of thiophene rings is 1. The molecule has 0 nitrogen and oxygen atoms in total. The maximum absolute atomic E-state index is 12.9. The Balaban J connectivity index is 2.41. The zero-order valence-corrected chi connectivity index (χ0v) is 11.8. The van der Waals surface area contributed by atoms with E-state index in [0.29, 0.717) is 9.50 Å². The maximum atomic E-state index is 12.9. The molecule has 16 heavy (non-hydrogen) atoms. The van der Waals surface area contributed by atoms with Crippen molar-refractivity contribution in [3.63, 3.8) is 0 Å². The second-order valence-electron chi connectivity index (χ2n) is 3.16. The van der Waals surface area contributed by atoms with Gasteiger partial charge >= 0.3 is 0 Å². The Labute approximate surface area is 115 Å². The van der Waals surface area contributed by atoms with Crippen LogP contribution in [-0.2, 0) is 0 Å². The molecule has 0 aliphatic heterocycles. The Morgan fingerprint density at radius 3 is 2.62 bits per heavy atom. The van der Waals surface area contributed by atoms with Crippen molar-refractivity contribution in [2.24, 2.45) is 0 Å². The van der Waals surface area contributed by atoms with Crippen LogP contribution in [0.15, 0.2) is 34.1 Å². The highest BCUT2D eigenvalue weighted by molar-refractivity contribution is 9.10. The zero-order chi connectivity index (χ0) is 11.7. The maximum Gasteiger partial charge on any atom is 0.124 e. The van der Waals surface area contributed by atoms with E-state index >= 15 is 0 Å². The smallest absolute Gasteiger partial charge is 0.124 e. The van der Waals surface area contributed by atoms with E-state index in [2.05, 4.69) is 15.9 Å². The van der Waals surface area contributed by atoms with Crippen LogP contribution in [0.3, 0.4) is 0 Å². The first-order chi connectivity index (χ1) is 7.59. The summed E-state index contributed by atoms with van der Waals surface area (Å²) in [6.07, 6.45) is 0. The van der Waals surface area contributed by atoms with Crippen molar-refractivity contribution < 1.29 is 4.39 Å². The van der Waals surface area contributed by atoms with Gasteiger partial charge in [-0.2, -0.15) is 0 Å². The average Bonchev–Trinajstić information content (AvgIpc) is 2.63. The molecule has 1 aromatic carbocycles. The molecule has 0 aliphatic rings. The third-order valence-corrected chi connectivity index (χ3v) is 4.80. The minimum atomic E-state index is -0.359. The van der Waals surface area contributed by atoms with E-state index in [1.54, 1.807) is 12.1 Å². The van der Waals surface area contributed by atoms with Crippen LogP contribution in [0, 0.1) is 5.82 Å². The lowest BCUT2D eigenvalue weighted by Crippen LogP contribution is -1.93. The van der Waals surface area contributed by atoms with Crippen molar-refractivity contribution in [2.45, 2.75) is 5.38 Å². The number of hydrogen-bond acceptors (Lipinski definition) is 1. The van der Waals surface area contributed by atoms with E-state index in [1.807, 2.05) is 5.38 Å². The number of alkyl halides is 1. The van der Waals surface area contributed by atoms with E-state index in [9.17, 15) is 4.39 Å². The summed E-state index contributed by atoms with van der Waals surface area (Å²) < 4.78 is 13.6. The molecule has 1 aromatic heterocycles. The molecular formula is C11H6BrCl2FS. The minimum Gasteiger partial charge on any atom is -0.207 e. The SMILES string of the molecule is Fc1ccc(C(Cl)c2sccc2Cl)c(Br)c1. The Kier molecular flexibility index (Phi) is 3.90. The number of hydrogen-bond donors (Lipinski definition) is 0. The standard InChI is InChI=1S/C11H6BrCl2FS/c12-8-5-6(15)1-2-7(8)10(14)11-9(13)3-4-16-11/h1-5,10H. The lowest BCUT2D eigenvalue weighted by molar-refractivity contribution is 0.626. The summed E-state index contributed by atoms with van der Waals surface area (Å²) in [5.41, 5.74) is 0.812. The summed E-state index contributed by atoms with van der Waals surface area (Å²) in [6.45, 7) is 0. The van der Waals surface area contributed by atoms with Gasteiger partial charge in [-0.1, -0.05) is 33.6 Å². The summed E-state index contributed by atoms with van der Waals surface area (Å²) >= 11 is 17.1. The van der Waals surface area contributed by atoms with Gasteiger partial charge in [0.05, 0.1) is 10.4 Å². The summed E-state index contributed by atoms with van der Waals surface area (Å²) in [4.78, 5) is 0.871. The van der Waals surface area contributed by atoms with Crippen molar-refractivity contribution in [2.75, 3.05) is 0 Å². The molecule has 5 heteroatoms. The second kappa shape index (κ2) is 5.05. The zero-order valence-electron chi connectivity index (χ0n) is 7.88. The fraction of sp³-hybridized carbons (Fsp3) is 0.0909. The highest BCUT2D eigenvalue weighted by Crippen LogP contribution is 2.40. The van der Waals surface area contributed by atoms with Crippen molar-refractivity contribution in [1.82, 2.24) is 0 Å². The third-order valence-electron chi connectivity index (χ3n) is 2.11. The van der Waals surface area contributed by atoms with Gasteiger partial charge in [-0.3, -0.25) is 0 Å². The third kappa shape index (κ3) is 2.43. The molecule has 2 rings (SSSR count). The molecule has 84 valence electrons. The van der Waals surface area contributed by atoms with Crippen LogP contribution in [0.5, 0.6) is 0 Å². The summed E-state index contributed by atoms with van der Waals surface area (Å²) in [5.74, 6) is -0.295. The van der Waals surface area contributed by atoms with Crippen LogP contribution in [-0.4, -0.2) is 0 Å². The molecule has 0 saturated carbocycles. The van der Waals surface area contributed by atoms with Gasteiger partial charge in [0.25, 0.3) is 0 Å². The molecule has 0 fully saturated rings. The quantitative estimate of drug-likeness (QED) is 0.622. The molecule has 0 bridgehead atoms. The number of halogens is 4. The van der Waals surface area contributed by atoms with Gasteiger partial charge in [0.15, 0.2) is 0 Å². The van der Waals surface area contributed by atoms with Crippen molar-refractivity contribution >= 4 is 50.5 Å². The number of benzene rings is 1. The molecular weight excluding hydrogens is 334 g/mol. The molecule has 1 heterocycles. The lowest BCUT2D eigenvalue weighted by atomic mass is 10.1. The van der Waals surface area contributed by atoms with Gasteiger partial charge in [-0.25, -0.2) is 4.39 Å². The summed E-state index contributed by atoms with van der Waals surface area (Å²) in [6, 6.07) is 6.24. The molecule has 0 aliphatic carbocycles. The van der Waals surface area contributed by atoms with Gasteiger partial charge in [-0.05, 0) is 29.1 Å². The topological polar surface area (TPSA) is 0 Å². The molecule has 0 amide bonds. The summed E-state index contributed by atoms with van der Waals surface area (Å²) in [5, 5.41) is 2.16. The highest BCUT2D eigenvalue weighted by Gasteiger charge is 2.18. The lowest BCUT2D eigenvalue weighted by Gasteiger charge is -2.10. The first kappa shape index (κ1) is 12.4. The van der Waals surface area contributed by atoms with Gasteiger partial charge in [0.1, 0.15) is 5.82 Å². The predicted octanol–water partition coefficient (Wildman–Crippen LogP) is 5.63. The molecule has 2 aromatic rings. The fourth-order valence-electron chi connectivity index (χ4n) is 1.33. The molecule has 0 saturated heterocycles. The van der Waals surface area contributed by atoms with Gasteiger partial charge < -0.3 is 0 Å². The Hall–Kier alpha value is -0.0900. The Morgan fingerprint density at radius 2 is 2.06 bits per heavy atom. The first-order valence-corrected chi connectivity index (χ1v) is 6.90. The van der Waals surface area contributed by atoms with Gasteiger partial charge in [0, 0.05) is 9.35 Å². The molecule has 0 radical (unpaired) electrons. The highest BCUT2D eigenvalue weighted by atomic mass is 79.9. The normalized spacial score (nSPS) is 12.8. The van der Waals surface area contributed by atoms with Crippen molar-refractivity contribution in [3.8, 4) is 0 Å². The Morgan fingerprint density at radius 1 is 1.31 bits per heavy atom. The van der Waals surface area contributed by atoms with Crippen LogP contribution in [0.2, 0.25) is 5.02 Å². The van der Waals surface area contributed by atoms with E-state index in [1.165, 1.54) is 23.5 Å². The Bertz CT molecular complexity index is 512. The largest absolute Gasteiger partial charge is 0.207 e. The minimum absolute atomic E-state index is 0.295.